The van der Waals surface area contributed by atoms with Gasteiger partial charge in [-0.3, -0.25) is 4.79 Å². The van der Waals surface area contributed by atoms with Gasteiger partial charge in [0.05, 0.1) is 4.90 Å². The third kappa shape index (κ3) is 2.97. The molecule has 0 aromatic heterocycles. The predicted molar refractivity (Wildman–Crippen MR) is 84.1 cm³/mol. The van der Waals surface area contributed by atoms with Crippen molar-refractivity contribution in [1.82, 2.24) is 4.31 Å². The number of ketones is 1. The van der Waals surface area contributed by atoms with Crippen molar-refractivity contribution in [2.24, 2.45) is 0 Å². The fraction of sp³-hybridized carbons (Fsp3) is 0.235. The van der Waals surface area contributed by atoms with Gasteiger partial charge in [0.2, 0.25) is 10.0 Å². The molecular formula is C17H15F2NO3S. The number of aryl methyl sites for hydroxylation is 1. The van der Waals surface area contributed by atoms with Crippen molar-refractivity contribution in [2.45, 2.75) is 24.8 Å². The highest BCUT2D eigenvalue weighted by Crippen LogP contribution is 2.26. The van der Waals surface area contributed by atoms with E-state index in [2.05, 4.69) is 0 Å². The Hall–Kier alpha value is -2.12. The number of carbonyl (C=O) groups excluding carboxylic acids is 1. The second kappa shape index (κ2) is 6.07. The van der Waals surface area contributed by atoms with Gasteiger partial charge in [0, 0.05) is 25.1 Å². The first-order valence-electron chi connectivity index (χ1n) is 7.37. The highest BCUT2D eigenvalue weighted by atomic mass is 32.2. The largest absolute Gasteiger partial charge is 0.294 e. The Balaban J connectivity index is 2.02. The first kappa shape index (κ1) is 16.7. The fourth-order valence-corrected chi connectivity index (χ4v) is 4.09. The molecule has 0 amide bonds. The average Bonchev–Trinajstić information content (AvgIpc) is 2.69. The van der Waals surface area contributed by atoms with Gasteiger partial charge in [0.25, 0.3) is 0 Å². The second-order valence-corrected chi connectivity index (χ2v) is 7.69. The van der Waals surface area contributed by atoms with Crippen LogP contribution in [0.15, 0.2) is 41.3 Å². The maximum absolute atomic E-state index is 13.5. The van der Waals surface area contributed by atoms with Crippen LogP contribution < -0.4 is 0 Å². The van der Waals surface area contributed by atoms with Crippen LogP contribution in [0, 0.1) is 18.6 Å². The minimum atomic E-state index is -3.83. The van der Waals surface area contributed by atoms with Crippen molar-refractivity contribution in [3.63, 3.8) is 0 Å². The monoisotopic (exact) mass is 351 g/mol. The van der Waals surface area contributed by atoms with Gasteiger partial charge >= 0.3 is 0 Å². The Kier molecular flexibility index (Phi) is 4.23. The summed E-state index contributed by atoms with van der Waals surface area (Å²) >= 11 is 0. The number of sulfonamides is 1. The van der Waals surface area contributed by atoms with Crippen LogP contribution in [0.25, 0.3) is 0 Å². The van der Waals surface area contributed by atoms with Crippen LogP contribution >= 0.6 is 0 Å². The lowest BCUT2D eigenvalue weighted by molar-refractivity contribution is 0.0980. The number of halogens is 2. The number of rotatable bonds is 2. The molecule has 0 fully saturated rings. The van der Waals surface area contributed by atoms with Gasteiger partial charge in [-0.25, -0.2) is 17.2 Å². The second-order valence-electron chi connectivity index (χ2n) is 5.75. The Labute approximate surface area is 138 Å². The van der Waals surface area contributed by atoms with Crippen molar-refractivity contribution < 1.29 is 22.0 Å². The number of hydrogen-bond donors (Lipinski definition) is 0. The summed E-state index contributed by atoms with van der Waals surface area (Å²) in [6.45, 7) is 1.63. The summed E-state index contributed by atoms with van der Waals surface area (Å²) in [6, 6.07) is 8.07. The molecule has 0 N–H and O–H groups in total. The highest BCUT2D eigenvalue weighted by molar-refractivity contribution is 7.89. The molecule has 0 radical (unpaired) electrons. The molecule has 0 unspecified atom stereocenters. The zero-order valence-electron chi connectivity index (χ0n) is 12.9. The van der Waals surface area contributed by atoms with Crippen molar-refractivity contribution in [3.8, 4) is 0 Å². The van der Waals surface area contributed by atoms with E-state index in [1.165, 1.54) is 12.1 Å². The molecule has 0 atom stereocenters. The Morgan fingerprint density at radius 2 is 1.67 bits per heavy atom. The molecule has 7 heteroatoms. The van der Waals surface area contributed by atoms with Crippen LogP contribution in [0.1, 0.15) is 27.9 Å². The van der Waals surface area contributed by atoms with Crippen LogP contribution in [-0.2, 0) is 16.6 Å². The number of fused-ring (bicyclic) bond motifs is 1. The molecule has 3 rings (SSSR count). The van der Waals surface area contributed by atoms with Crippen LogP contribution in [0.5, 0.6) is 0 Å². The highest BCUT2D eigenvalue weighted by Gasteiger charge is 2.30. The van der Waals surface area contributed by atoms with Crippen molar-refractivity contribution in [1.29, 1.82) is 0 Å². The van der Waals surface area contributed by atoms with Gasteiger partial charge in [-0.1, -0.05) is 17.7 Å². The van der Waals surface area contributed by atoms with E-state index in [1.54, 1.807) is 12.1 Å². The molecule has 0 aliphatic carbocycles. The van der Waals surface area contributed by atoms with E-state index in [0.717, 1.165) is 22.0 Å². The molecule has 126 valence electrons. The van der Waals surface area contributed by atoms with Crippen LogP contribution in [0.3, 0.4) is 0 Å². The van der Waals surface area contributed by atoms with Gasteiger partial charge in [-0.2, -0.15) is 4.31 Å². The van der Waals surface area contributed by atoms with Crippen LogP contribution in [-0.4, -0.2) is 25.1 Å². The first-order chi connectivity index (χ1) is 11.3. The van der Waals surface area contributed by atoms with Gasteiger partial charge in [-0.05, 0) is 36.8 Å². The standard InChI is InChI=1S/C17H15F2NO3S/c1-11-2-4-13(5-3-11)24(22,23)20-7-6-17(21)14-9-16(19)15(18)8-12(14)10-20/h2-5,8-9H,6-7,10H2,1H3. The zero-order chi connectivity index (χ0) is 17.5. The molecule has 1 aliphatic heterocycles. The van der Waals surface area contributed by atoms with E-state index in [0.29, 0.717) is 0 Å². The van der Waals surface area contributed by atoms with Crippen LogP contribution in [0.4, 0.5) is 8.78 Å². The summed E-state index contributed by atoms with van der Waals surface area (Å²) in [5, 5.41) is 0. The third-order valence-electron chi connectivity index (χ3n) is 4.04. The zero-order valence-corrected chi connectivity index (χ0v) is 13.7. The number of hydrogen-bond acceptors (Lipinski definition) is 3. The van der Waals surface area contributed by atoms with E-state index in [-0.39, 0.29) is 35.5 Å². The minimum Gasteiger partial charge on any atom is -0.294 e. The molecule has 0 saturated carbocycles. The lowest BCUT2D eigenvalue weighted by Crippen LogP contribution is -2.31. The Morgan fingerprint density at radius 1 is 1.04 bits per heavy atom. The molecule has 0 saturated heterocycles. The number of benzene rings is 2. The maximum Gasteiger partial charge on any atom is 0.243 e. The molecule has 1 aliphatic rings. The molecule has 2 aromatic rings. The van der Waals surface area contributed by atoms with E-state index in [4.69, 9.17) is 0 Å². The van der Waals surface area contributed by atoms with E-state index < -0.39 is 27.4 Å². The van der Waals surface area contributed by atoms with Crippen molar-refractivity contribution in [2.75, 3.05) is 6.54 Å². The minimum absolute atomic E-state index is 0.0348. The smallest absolute Gasteiger partial charge is 0.243 e. The fourth-order valence-electron chi connectivity index (χ4n) is 2.67. The maximum atomic E-state index is 13.5. The summed E-state index contributed by atoms with van der Waals surface area (Å²) in [4.78, 5) is 12.2. The number of carbonyl (C=O) groups is 1. The molecular weight excluding hydrogens is 336 g/mol. The van der Waals surface area contributed by atoms with Crippen molar-refractivity contribution >= 4 is 15.8 Å². The normalized spacial score (nSPS) is 15.9. The summed E-state index contributed by atoms with van der Waals surface area (Å²) in [5.41, 5.74) is 1.13. The lowest BCUT2D eigenvalue weighted by atomic mass is 10.0. The predicted octanol–water partition coefficient (Wildman–Crippen LogP) is 3.05. The molecule has 2 aromatic carbocycles. The van der Waals surface area contributed by atoms with Gasteiger partial charge in [0.1, 0.15) is 0 Å². The van der Waals surface area contributed by atoms with E-state index in [9.17, 15) is 22.0 Å². The topological polar surface area (TPSA) is 54.5 Å². The van der Waals surface area contributed by atoms with E-state index in [1.807, 2.05) is 6.92 Å². The Morgan fingerprint density at radius 3 is 2.33 bits per heavy atom. The van der Waals surface area contributed by atoms with Crippen LogP contribution in [0.2, 0.25) is 0 Å². The first-order valence-corrected chi connectivity index (χ1v) is 8.81. The van der Waals surface area contributed by atoms with Gasteiger partial charge in [-0.15, -0.1) is 0 Å². The molecule has 0 bridgehead atoms. The van der Waals surface area contributed by atoms with Gasteiger partial charge < -0.3 is 0 Å². The molecule has 1 heterocycles. The SMILES string of the molecule is Cc1ccc(S(=O)(=O)N2CCC(=O)c3cc(F)c(F)cc3C2)cc1. The van der Waals surface area contributed by atoms with Crippen molar-refractivity contribution in [3.05, 3.63) is 64.7 Å². The molecule has 24 heavy (non-hydrogen) atoms. The summed E-state index contributed by atoms with van der Waals surface area (Å²) < 4.78 is 53.5. The number of nitrogens with zero attached hydrogens (tertiary/aromatic N) is 1. The summed E-state index contributed by atoms with van der Waals surface area (Å²) in [5.74, 6) is -2.61. The van der Waals surface area contributed by atoms with Gasteiger partial charge in [0.15, 0.2) is 17.4 Å². The summed E-state index contributed by atoms with van der Waals surface area (Å²) in [7, 11) is -3.83. The summed E-state index contributed by atoms with van der Waals surface area (Å²) in [6.07, 6.45) is -0.0802. The molecule has 0 spiro atoms. The third-order valence-corrected chi connectivity index (χ3v) is 5.90. The quantitative estimate of drug-likeness (QED) is 0.836. The average molecular weight is 351 g/mol. The van der Waals surface area contributed by atoms with E-state index >= 15 is 0 Å². The number of Topliss-reactive ketones (excluding diaryl/α,β-unsaturated/α-hetero) is 1. The lowest BCUT2D eigenvalue weighted by Gasteiger charge is -2.20. The Bertz CT molecular complexity index is 908. The molecule has 4 nitrogen and oxygen atoms in total.